The van der Waals surface area contributed by atoms with Gasteiger partial charge < -0.3 is 5.32 Å². The molecule has 1 saturated carbocycles. The Hall–Kier alpha value is -0.830. The SMILES string of the molecule is CCCC(CNC(C)C)Cc1ccn(C2CCCCC2)n1. The molecule has 1 aromatic rings. The largest absolute Gasteiger partial charge is 0.314 e. The Labute approximate surface area is 130 Å². The number of rotatable bonds is 8. The summed E-state index contributed by atoms with van der Waals surface area (Å²) in [5.74, 6) is 0.715. The zero-order valence-corrected chi connectivity index (χ0v) is 14.1. The van der Waals surface area contributed by atoms with Crippen LogP contribution in [0.2, 0.25) is 0 Å². The van der Waals surface area contributed by atoms with Crippen LogP contribution in [-0.4, -0.2) is 22.4 Å². The fourth-order valence-corrected chi connectivity index (χ4v) is 3.42. The van der Waals surface area contributed by atoms with Gasteiger partial charge in [0.15, 0.2) is 0 Å². The molecule has 120 valence electrons. The fraction of sp³-hybridized carbons (Fsp3) is 0.833. The minimum Gasteiger partial charge on any atom is -0.314 e. The molecule has 1 unspecified atom stereocenters. The van der Waals surface area contributed by atoms with Gasteiger partial charge in [0, 0.05) is 12.2 Å². The minimum absolute atomic E-state index is 0.573. The monoisotopic (exact) mass is 291 g/mol. The molecule has 3 heteroatoms. The van der Waals surface area contributed by atoms with Gasteiger partial charge >= 0.3 is 0 Å². The highest BCUT2D eigenvalue weighted by atomic mass is 15.3. The van der Waals surface area contributed by atoms with Crippen molar-refractivity contribution in [1.29, 1.82) is 0 Å². The molecule has 0 amide bonds. The van der Waals surface area contributed by atoms with E-state index < -0.39 is 0 Å². The molecule has 2 rings (SSSR count). The average molecular weight is 291 g/mol. The first-order valence-electron chi connectivity index (χ1n) is 8.96. The zero-order valence-electron chi connectivity index (χ0n) is 14.1. The van der Waals surface area contributed by atoms with E-state index in [-0.39, 0.29) is 0 Å². The Kier molecular flexibility index (Phi) is 6.75. The summed E-state index contributed by atoms with van der Waals surface area (Å²) in [4.78, 5) is 0. The minimum atomic E-state index is 0.573. The van der Waals surface area contributed by atoms with Crippen LogP contribution >= 0.6 is 0 Å². The van der Waals surface area contributed by atoms with Gasteiger partial charge in [0.05, 0.1) is 11.7 Å². The third-order valence-corrected chi connectivity index (χ3v) is 4.62. The third-order valence-electron chi connectivity index (χ3n) is 4.62. The maximum absolute atomic E-state index is 4.87. The molecule has 0 aromatic carbocycles. The first-order valence-corrected chi connectivity index (χ1v) is 8.96. The predicted molar refractivity (Wildman–Crippen MR) is 89.6 cm³/mol. The molecule has 0 aliphatic heterocycles. The van der Waals surface area contributed by atoms with E-state index in [9.17, 15) is 0 Å². The molecule has 1 N–H and O–H groups in total. The topological polar surface area (TPSA) is 29.9 Å². The van der Waals surface area contributed by atoms with Crippen LogP contribution in [0, 0.1) is 5.92 Å². The summed E-state index contributed by atoms with van der Waals surface area (Å²) in [5, 5.41) is 8.46. The molecule has 0 radical (unpaired) electrons. The predicted octanol–water partition coefficient (Wildman–Crippen LogP) is 4.35. The van der Waals surface area contributed by atoms with E-state index in [0.717, 1.165) is 13.0 Å². The van der Waals surface area contributed by atoms with Crippen LogP contribution in [0.5, 0.6) is 0 Å². The molecular formula is C18H33N3. The molecule has 0 bridgehead atoms. The normalized spacial score (nSPS) is 18.3. The Balaban J connectivity index is 1.89. The van der Waals surface area contributed by atoms with E-state index in [1.165, 1.54) is 50.6 Å². The highest BCUT2D eigenvalue weighted by Gasteiger charge is 2.17. The van der Waals surface area contributed by atoms with Gasteiger partial charge in [-0.1, -0.05) is 46.5 Å². The molecule has 1 aromatic heterocycles. The molecule has 1 aliphatic rings. The van der Waals surface area contributed by atoms with Crippen LogP contribution in [0.25, 0.3) is 0 Å². The zero-order chi connectivity index (χ0) is 15.1. The molecule has 1 aliphatic carbocycles. The molecular weight excluding hydrogens is 258 g/mol. The van der Waals surface area contributed by atoms with E-state index in [1.54, 1.807) is 0 Å². The van der Waals surface area contributed by atoms with Crippen molar-refractivity contribution in [2.75, 3.05) is 6.54 Å². The molecule has 0 spiro atoms. The smallest absolute Gasteiger partial charge is 0.0627 e. The number of nitrogens with zero attached hydrogens (tertiary/aromatic N) is 2. The van der Waals surface area contributed by atoms with Gasteiger partial charge in [0.1, 0.15) is 0 Å². The molecule has 0 saturated heterocycles. The van der Waals surface area contributed by atoms with Crippen molar-refractivity contribution in [2.24, 2.45) is 5.92 Å². The lowest BCUT2D eigenvalue weighted by atomic mass is 9.96. The Morgan fingerprint density at radius 2 is 2.05 bits per heavy atom. The Morgan fingerprint density at radius 1 is 1.29 bits per heavy atom. The van der Waals surface area contributed by atoms with Crippen LogP contribution in [-0.2, 0) is 6.42 Å². The van der Waals surface area contributed by atoms with E-state index in [1.807, 2.05) is 0 Å². The average Bonchev–Trinajstić information content (AvgIpc) is 2.94. The summed E-state index contributed by atoms with van der Waals surface area (Å²) >= 11 is 0. The van der Waals surface area contributed by atoms with Gasteiger partial charge in [-0.05, 0) is 44.2 Å². The van der Waals surface area contributed by atoms with Crippen molar-refractivity contribution in [1.82, 2.24) is 15.1 Å². The second-order valence-corrected chi connectivity index (χ2v) is 7.00. The molecule has 1 atom stereocenters. The van der Waals surface area contributed by atoms with Crippen LogP contribution in [0.4, 0.5) is 0 Å². The van der Waals surface area contributed by atoms with Crippen molar-refractivity contribution < 1.29 is 0 Å². The van der Waals surface area contributed by atoms with E-state index in [2.05, 4.69) is 43.0 Å². The summed E-state index contributed by atoms with van der Waals surface area (Å²) in [6.45, 7) is 7.84. The molecule has 1 heterocycles. The number of aromatic nitrogens is 2. The van der Waals surface area contributed by atoms with Gasteiger partial charge in [-0.3, -0.25) is 4.68 Å². The summed E-state index contributed by atoms with van der Waals surface area (Å²) in [5.41, 5.74) is 1.28. The lowest BCUT2D eigenvalue weighted by molar-refractivity contribution is 0.326. The first-order chi connectivity index (χ1) is 10.2. The maximum atomic E-state index is 4.87. The van der Waals surface area contributed by atoms with E-state index in [0.29, 0.717) is 18.0 Å². The Bertz CT molecular complexity index is 391. The number of hydrogen-bond donors (Lipinski definition) is 1. The van der Waals surface area contributed by atoms with Crippen molar-refractivity contribution in [3.63, 3.8) is 0 Å². The van der Waals surface area contributed by atoms with Gasteiger partial charge in [-0.2, -0.15) is 5.10 Å². The van der Waals surface area contributed by atoms with Crippen molar-refractivity contribution in [3.05, 3.63) is 18.0 Å². The quantitative estimate of drug-likeness (QED) is 0.772. The van der Waals surface area contributed by atoms with Gasteiger partial charge in [0.2, 0.25) is 0 Å². The molecule has 1 fully saturated rings. The molecule has 21 heavy (non-hydrogen) atoms. The first kappa shape index (κ1) is 16.5. The Morgan fingerprint density at radius 3 is 2.71 bits per heavy atom. The van der Waals surface area contributed by atoms with Gasteiger partial charge in [-0.25, -0.2) is 0 Å². The lowest BCUT2D eigenvalue weighted by Gasteiger charge is -2.22. The second kappa shape index (κ2) is 8.57. The van der Waals surface area contributed by atoms with Gasteiger partial charge in [-0.15, -0.1) is 0 Å². The highest BCUT2D eigenvalue weighted by Crippen LogP contribution is 2.27. The van der Waals surface area contributed by atoms with Crippen LogP contribution < -0.4 is 5.32 Å². The summed E-state index contributed by atoms with van der Waals surface area (Å²) in [7, 11) is 0. The number of nitrogens with one attached hydrogen (secondary N) is 1. The summed E-state index contributed by atoms with van der Waals surface area (Å²) < 4.78 is 2.24. The number of hydrogen-bond acceptors (Lipinski definition) is 2. The fourth-order valence-electron chi connectivity index (χ4n) is 3.42. The molecule has 3 nitrogen and oxygen atoms in total. The van der Waals surface area contributed by atoms with Crippen molar-refractivity contribution in [2.45, 2.75) is 84.2 Å². The summed E-state index contributed by atoms with van der Waals surface area (Å²) in [6, 6.07) is 3.47. The summed E-state index contributed by atoms with van der Waals surface area (Å²) in [6.07, 6.45) is 12.7. The van der Waals surface area contributed by atoms with E-state index in [4.69, 9.17) is 5.10 Å². The van der Waals surface area contributed by atoms with E-state index >= 15 is 0 Å². The third kappa shape index (κ3) is 5.46. The van der Waals surface area contributed by atoms with Gasteiger partial charge in [0.25, 0.3) is 0 Å². The standard InChI is InChI=1S/C18H33N3/c1-4-8-16(14-19-15(2)3)13-17-11-12-21(20-17)18-9-6-5-7-10-18/h11-12,15-16,18-19H,4-10,13-14H2,1-3H3. The second-order valence-electron chi connectivity index (χ2n) is 7.00. The van der Waals surface area contributed by atoms with Crippen molar-refractivity contribution >= 4 is 0 Å². The van der Waals surface area contributed by atoms with Crippen molar-refractivity contribution in [3.8, 4) is 0 Å². The van der Waals surface area contributed by atoms with Crippen LogP contribution in [0.15, 0.2) is 12.3 Å². The highest BCUT2D eigenvalue weighted by molar-refractivity contribution is 5.01. The lowest BCUT2D eigenvalue weighted by Crippen LogP contribution is -2.30. The van der Waals surface area contributed by atoms with Crippen LogP contribution in [0.3, 0.4) is 0 Å². The van der Waals surface area contributed by atoms with Crippen LogP contribution in [0.1, 0.15) is 77.5 Å². The maximum Gasteiger partial charge on any atom is 0.0627 e.